The molecule has 1 unspecified atom stereocenters. The number of hydrogen-bond donors (Lipinski definition) is 2. The molecule has 110 valence electrons. The number of aliphatic hydroxyl groups is 1. The molecular formula is C13H17ClN2O3S. The summed E-state index contributed by atoms with van der Waals surface area (Å²) in [6.07, 6.45) is 1.37. The predicted molar refractivity (Wildman–Crippen MR) is 76.8 cm³/mol. The van der Waals surface area contributed by atoms with Crippen molar-refractivity contribution in [1.82, 2.24) is 4.72 Å². The van der Waals surface area contributed by atoms with Crippen LogP contribution in [0, 0.1) is 17.2 Å². The van der Waals surface area contributed by atoms with Gasteiger partial charge in [0.25, 0.3) is 0 Å². The zero-order valence-corrected chi connectivity index (χ0v) is 12.7. The van der Waals surface area contributed by atoms with E-state index in [1.165, 1.54) is 18.2 Å². The van der Waals surface area contributed by atoms with Crippen LogP contribution in [0.5, 0.6) is 0 Å². The molecule has 1 rings (SSSR count). The normalized spacial score (nSPS) is 12.9. The van der Waals surface area contributed by atoms with E-state index in [4.69, 9.17) is 22.0 Å². The van der Waals surface area contributed by atoms with E-state index >= 15 is 0 Å². The van der Waals surface area contributed by atoms with Gasteiger partial charge >= 0.3 is 0 Å². The molecule has 0 amide bonds. The van der Waals surface area contributed by atoms with Gasteiger partial charge in [-0.25, -0.2) is 13.1 Å². The number of nitriles is 1. The van der Waals surface area contributed by atoms with Gasteiger partial charge in [-0.1, -0.05) is 18.5 Å². The molecule has 7 heteroatoms. The molecule has 1 aromatic rings. The largest absolute Gasteiger partial charge is 0.396 e. The molecule has 0 aromatic heterocycles. The average Bonchev–Trinajstić information content (AvgIpc) is 2.42. The quantitative estimate of drug-likeness (QED) is 0.752. The van der Waals surface area contributed by atoms with Crippen LogP contribution in [0.15, 0.2) is 23.1 Å². The highest BCUT2D eigenvalue weighted by Gasteiger charge is 2.17. The molecular weight excluding hydrogens is 300 g/mol. The molecule has 0 heterocycles. The Hall–Kier alpha value is -1.13. The third-order valence-electron chi connectivity index (χ3n) is 2.83. The Kier molecular flexibility index (Phi) is 6.43. The monoisotopic (exact) mass is 316 g/mol. The maximum atomic E-state index is 12.0. The first-order chi connectivity index (χ1) is 9.40. The number of aliphatic hydroxyl groups excluding tert-OH is 1. The summed E-state index contributed by atoms with van der Waals surface area (Å²) in [5.74, 6) is 0.151. The van der Waals surface area contributed by atoms with Crippen molar-refractivity contribution in [3.8, 4) is 6.07 Å². The standard InChI is InChI=1S/C13H17ClN2O3S/c1-10(9-17)3-2-6-16-20(18,19)13-5-4-11(8-15)7-12(13)14/h4-5,7,10,16-17H,2-3,6,9H2,1H3. The molecule has 0 radical (unpaired) electrons. The minimum absolute atomic E-state index is 0.0280. The van der Waals surface area contributed by atoms with Crippen LogP contribution in [-0.4, -0.2) is 26.7 Å². The Bertz CT molecular complexity index is 596. The van der Waals surface area contributed by atoms with E-state index in [1.807, 2.05) is 13.0 Å². The van der Waals surface area contributed by atoms with Gasteiger partial charge in [-0.3, -0.25) is 0 Å². The van der Waals surface area contributed by atoms with Crippen LogP contribution in [0.4, 0.5) is 0 Å². The fraction of sp³-hybridized carbons (Fsp3) is 0.462. The third-order valence-corrected chi connectivity index (χ3v) is 4.77. The Morgan fingerprint density at radius 1 is 1.50 bits per heavy atom. The van der Waals surface area contributed by atoms with Crippen molar-refractivity contribution in [2.24, 2.45) is 5.92 Å². The summed E-state index contributed by atoms with van der Waals surface area (Å²) in [5, 5.41) is 17.6. The molecule has 0 aliphatic carbocycles. The van der Waals surface area contributed by atoms with E-state index in [0.717, 1.165) is 6.42 Å². The van der Waals surface area contributed by atoms with Crippen molar-refractivity contribution in [3.63, 3.8) is 0 Å². The molecule has 0 bridgehead atoms. The highest BCUT2D eigenvalue weighted by Crippen LogP contribution is 2.22. The van der Waals surface area contributed by atoms with Crippen LogP contribution in [-0.2, 0) is 10.0 Å². The van der Waals surface area contributed by atoms with Gasteiger partial charge in [0, 0.05) is 13.2 Å². The molecule has 2 N–H and O–H groups in total. The first-order valence-electron chi connectivity index (χ1n) is 6.21. The van der Waals surface area contributed by atoms with Crippen LogP contribution in [0.1, 0.15) is 25.3 Å². The predicted octanol–water partition coefficient (Wildman–Crippen LogP) is 1.90. The Labute approximate surface area is 124 Å². The SMILES string of the molecule is CC(CO)CCCNS(=O)(=O)c1ccc(C#N)cc1Cl. The van der Waals surface area contributed by atoms with Gasteiger partial charge in [0.2, 0.25) is 10.0 Å². The van der Waals surface area contributed by atoms with E-state index in [9.17, 15) is 8.42 Å². The minimum atomic E-state index is -3.67. The number of rotatable bonds is 7. The van der Waals surface area contributed by atoms with E-state index < -0.39 is 10.0 Å². The molecule has 0 spiro atoms. The molecule has 5 nitrogen and oxygen atoms in total. The highest BCUT2D eigenvalue weighted by atomic mass is 35.5. The molecule has 0 aliphatic rings. The summed E-state index contributed by atoms with van der Waals surface area (Å²) in [6.45, 7) is 2.27. The molecule has 0 aliphatic heterocycles. The number of halogens is 1. The number of nitrogens with zero attached hydrogens (tertiary/aromatic N) is 1. The second-order valence-corrected chi connectivity index (χ2v) is 6.73. The first kappa shape index (κ1) is 16.9. The smallest absolute Gasteiger partial charge is 0.242 e. The van der Waals surface area contributed by atoms with Gasteiger partial charge in [0.05, 0.1) is 16.7 Å². The summed E-state index contributed by atoms with van der Waals surface area (Å²) in [6, 6.07) is 5.95. The number of nitrogens with one attached hydrogen (secondary N) is 1. The second-order valence-electron chi connectivity index (χ2n) is 4.58. The fourth-order valence-corrected chi connectivity index (χ4v) is 3.23. The lowest BCUT2D eigenvalue weighted by Gasteiger charge is -2.10. The van der Waals surface area contributed by atoms with Crippen molar-refractivity contribution in [1.29, 1.82) is 5.26 Å². The van der Waals surface area contributed by atoms with E-state index in [2.05, 4.69) is 4.72 Å². The maximum absolute atomic E-state index is 12.0. The number of benzene rings is 1. The van der Waals surface area contributed by atoms with Crippen molar-refractivity contribution >= 4 is 21.6 Å². The molecule has 0 saturated carbocycles. The second kappa shape index (κ2) is 7.60. The van der Waals surface area contributed by atoms with Crippen LogP contribution in [0.25, 0.3) is 0 Å². The number of hydrogen-bond acceptors (Lipinski definition) is 4. The van der Waals surface area contributed by atoms with E-state index in [1.54, 1.807) is 0 Å². The Morgan fingerprint density at radius 3 is 2.75 bits per heavy atom. The van der Waals surface area contributed by atoms with Crippen LogP contribution >= 0.6 is 11.6 Å². The van der Waals surface area contributed by atoms with Crippen LogP contribution in [0.2, 0.25) is 5.02 Å². The number of sulfonamides is 1. The van der Waals surface area contributed by atoms with Gasteiger partial charge < -0.3 is 5.11 Å². The lowest BCUT2D eigenvalue weighted by molar-refractivity contribution is 0.228. The Balaban J connectivity index is 2.68. The zero-order chi connectivity index (χ0) is 15.2. The summed E-state index contributed by atoms with van der Waals surface area (Å²) in [7, 11) is -3.67. The van der Waals surface area contributed by atoms with Gasteiger partial charge in [-0.2, -0.15) is 5.26 Å². The van der Waals surface area contributed by atoms with Crippen LogP contribution in [0.3, 0.4) is 0 Å². The zero-order valence-electron chi connectivity index (χ0n) is 11.1. The van der Waals surface area contributed by atoms with E-state index in [0.29, 0.717) is 12.0 Å². The van der Waals surface area contributed by atoms with Gasteiger partial charge in [0.1, 0.15) is 4.90 Å². The molecule has 1 atom stereocenters. The summed E-state index contributed by atoms with van der Waals surface area (Å²) in [4.78, 5) is -0.0339. The minimum Gasteiger partial charge on any atom is -0.396 e. The van der Waals surface area contributed by atoms with Gasteiger partial charge in [-0.15, -0.1) is 0 Å². The fourth-order valence-electron chi connectivity index (χ4n) is 1.61. The maximum Gasteiger partial charge on any atom is 0.242 e. The van der Waals surface area contributed by atoms with Crippen molar-refractivity contribution < 1.29 is 13.5 Å². The topological polar surface area (TPSA) is 90.2 Å². The summed E-state index contributed by atoms with van der Waals surface area (Å²) >= 11 is 5.88. The van der Waals surface area contributed by atoms with Gasteiger partial charge in [0.15, 0.2) is 0 Å². The lowest BCUT2D eigenvalue weighted by atomic mass is 10.1. The Morgan fingerprint density at radius 2 is 2.20 bits per heavy atom. The van der Waals surface area contributed by atoms with Crippen LogP contribution < -0.4 is 4.72 Å². The highest BCUT2D eigenvalue weighted by molar-refractivity contribution is 7.89. The molecule has 0 fully saturated rings. The summed E-state index contributed by atoms with van der Waals surface area (Å²) < 4.78 is 26.5. The van der Waals surface area contributed by atoms with Crippen molar-refractivity contribution in [3.05, 3.63) is 28.8 Å². The van der Waals surface area contributed by atoms with Gasteiger partial charge in [-0.05, 0) is 37.0 Å². The third kappa shape index (κ3) is 4.76. The van der Waals surface area contributed by atoms with E-state index in [-0.39, 0.29) is 29.0 Å². The first-order valence-corrected chi connectivity index (χ1v) is 8.07. The molecule has 20 heavy (non-hydrogen) atoms. The van der Waals surface area contributed by atoms with Crippen molar-refractivity contribution in [2.45, 2.75) is 24.7 Å². The molecule has 0 saturated heterocycles. The summed E-state index contributed by atoms with van der Waals surface area (Å²) in [5.41, 5.74) is 0.311. The van der Waals surface area contributed by atoms with Crippen molar-refractivity contribution in [2.75, 3.05) is 13.2 Å². The molecule has 1 aromatic carbocycles. The lowest BCUT2D eigenvalue weighted by Crippen LogP contribution is -2.25. The average molecular weight is 317 g/mol.